The van der Waals surface area contributed by atoms with E-state index >= 15 is 0 Å². The van der Waals surface area contributed by atoms with E-state index in [1.165, 1.54) is 12.0 Å². The van der Waals surface area contributed by atoms with Crippen molar-refractivity contribution in [1.82, 2.24) is 9.80 Å². The van der Waals surface area contributed by atoms with Gasteiger partial charge in [0.1, 0.15) is 29.6 Å². The van der Waals surface area contributed by atoms with Gasteiger partial charge in [-0.1, -0.05) is 30.3 Å². The van der Waals surface area contributed by atoms with E-state index < -0.39 is 17.7 Å². The number of hydrogen-bond donors (Lipinski definition) is 1. The van der Waals surface area contributed by atoms with Gasteiger partial charge in [0.25, 0.3) is 11.7 Å². The van der Waals surface area contributed by atoms with E-state index in [1.54, 1.807) is 49.6 Å². The van der Waals surface area contributed by atoms with Gasteiger partial charge in [-0.3, -0.25) is 9.59 Å². The van der Waals surface area contributed by atoms with Gasteiger partial charge in [-0.25, -0.2) is 0 Å². The van der Waals surface area contributed by atoms with Gasteiger partial charge in [-0.2, -0.15) is 0 Å². The second-order valence-electron chi connectivity index (χ2n) is 9.56. The van der Waals surface area contributed by atoms with Crippen LogP contribution < -0.4 is 14.2 Å². The van der Waals surface area contributed by atoms with Crippen molar-refractivity contribution in [2.24, 2.45) is 0 Å². The van der Waals surface area contributed by atoms with Crippen molar-refractivity contribution >= 4 is 17.4 Å². The average Bonchev–Trinajstić information content (AvgIpc) is 3.21. The van der Waals surface area contributed by atoms with Crippen LogP contribution in [0.1, 0.15) is 29.2 Å². The van der Waals surface area contributed by atoms with Gasteiger partial charge in [-0.05, 0) is 75.1 Å². The second kappa shape index (κ2) is 12.5. The van der Waals surface area contributed by atoms with Crippen molar-refractivity contribution in [1.29, 1.82) is 0 Å². The minimum absolute atomic E-state index is 0.00867. The Morgan fingerprint density at radius 2 is 1.62 bits per heavy atom. The SMILES string of the molecule is COc1ccc(OC)c(C2/C(=C(\O)c3ccc(OCc4ccccc4)cc3)C(=O)C(=O)N2CCCN(C)C)c1. The molecule has 39 heavy (non-hydrogen) atoms. The molecule has 3 aromatic carbocycles. The predicted octanol–water partition coefficient (Wildman–Crippen LogP) is 4.66. The smallest absolute Gasteiger partial charge is 0.295 e. The van der Waals surface area contributed by atoms with Crippen LogP contribution in [0.2, 0.25) is 0 Å². The Bertz CT molecular complexity index is 1330. The first kappa shape index (κ1) is 27.7. The molecule has 8 nitrogen and oxygen atoms in total. The molecule has 0 saturated carbocycles. The molecule has 8 heteroatoms. The van der Waals surface area contributed by atoms with Gasteiger partial charge in [0.2, 0.25) is 0 Å². The largest absolute Gasteiger partial charge is 0.507 e. The number of likely N-dealkylation sites (tertiary alicyclic amines) is 1. The Balaban J connectivity index is 1.71. The summed E-state index contributed by atoms with van der Waals surface area (Å²) >= 11 is 0. The maximum Gasteiger partial charge on any atom is 0.295 e. The summed E-state index contributed by atoms with van der Waals surface area (Å²) in [4.78, 5) is 30.2. The van der Waals surface area contributed by atoms with Gasteiger partial charge in [0, 0.05) is 17.7 Å². The molecule has 3 aromatic rings. The van der Waals surface area contributed by atoms with E-state index in [0.717, 1.165) is 12.1 Å². The zero-order valence-corrected chi connectivity index (χ0v) is 22.7. The molecule has 1 N–H and O–H groups in total. The highest BCUT2D eigenvalue weighted by molar-refractivity contribution is 6.46. The summed E-state index contributed by atoms with van der Waals surface area (Å²) in [6, 6.07) is 21.0. The molecule has 0 aliphatic carbocycles. The van der Waals surface area contributed by atoms with Crippen molar-refractivity contribution in [3.63, 3.8) is 0 Å². The fraction of sp³-hybridized carbons (Fsp3) is 0.290. The maximum atomic E-state index is 13.4. The number of nitrogens with zero attached hydrogens (tertiary/aromatic N) is 2. The van der Waals surface area contributed by atoms with Crippen LogP contribution in [0.5, 0.6) is 17.2 Å². The summed E-state index contributed by atoms with van der Waals surface area (Å²) in [6.45, 7) is 1.46. The van der Waals surface area contributed by atoms with E-state index in [4.69, 9.17) is 14.2 Å². The molecule has 1 amide bonds. The van der Waals surface area contributed by atoms with Gasteiger partial charge < -0.3 is 29.1 Å². The monoisotopic (exact) mass is 530 g/mol. The molecule has 1 atom stereocenters. The minimum Gasteiger partial charge on any atom is -0.507 e. The van der Waals surface area contributed by atoms with Crippen LogP contribution in [0.15, 0.2) is 78.4 Å². The van der Waals surface area contributed by atoms with Crippen LogP contribution in [-0.4, -0.2) is 68.0 Å². The second-order valence-corrected chi connectivity index (χ2v) is 9.56. The summed E-state index contributed by atoms with van der Waals surface area (Å²) < 4.78 is 16.9. The zero-order valence-electron chi connectivity index (χ0n) is 22.7. The van der Waals surface area contributed by atoms with Gasteiger partial charge in [0.15, 0.2) is 0 Å². The lowest BCUT2D eigenvalue weighted by molar-refractivity contribution is -0.140. The number of rotatable bonds is 11. The van der Waals surface area contributed by atoms with Crippen LogP contribution in [0.4, 0.5) is 0 Å². The molecule has 204 valence electrons. The molecule has 0 aromatic heterocycles. The summed E-state index contributed by atoms with van der Waals surface area (Å²) in [6.07, 6.45) is 0.649. The first-order valence-corrected chi connectivity index (χ1v) is 12.8. The third-order valence-corrected chi connectivity index (χ3v) is 6.65. The van der Waals surface area contributed by atoms with Crippen LogP contribution in [0.3, 0.4) is 0 Å². The fourth-order valence-electron chi connectivity index (χ4n) is 4.65. The van der Waals surface area contributed by atoms with E-state index in [-0.39, 0.29) is 11.3 Å². The van der Waals surface area contributed by atoms with E-state index in [1.807, 2.05) is 49.3 Å². The first-order chi connectivity index (χ1) is 18.8. The lowest BCUT2D eigenvalue weighted by Crippen LogP contribution is -2.32. The standard InChI is InChI=1S/C31H34N2O6/c1-32(2)17-8-18-33-28(25-19-24(37-3)15-16-26(25)38-4)27(30(35)31(33)36)29(34)22-11-13-23(14-12-22)39-20-21-9-6-5-7-10-21/h5-7,9-16,19,28,34H,8,17-18,20H2,1-4H3/b29-27+. The minimum atomic E-state index is -0.841. The lowest BCUT2D eigenvalue weighted by Gasteiger charge is -2.27. The number of carbonyl (C=O) groups excluding carboxylic acids is 2. The van der Waals surface area contributed by atoms with Crippen molar-refractivity contribution in [3.8, 4) is 17.2 Å². The number of hydrogen-bond acceptors (Lipinski definition) is 7. The molecular formula is C31H34N2O6. The fourth-order valence-corrected chi connectivity index (χ4v) is 4.65. The number of methoxy groups -OCH3 is 2. The number of benzene rings is 3. The van der Waals surface area contributed by atoms with E-state index in [9.17, 15) is 14.7 Å². The summed E-state index contributed by atoms with van der Waals surface area (Å²) in [5.41, 5.74) is 2.01. The number of aliphatic hydroxyl groups excluding tert-OH is 1. The molecule has 0 spiro atoms. The summed E-state index contributed by atoms with van der Waals surface area (Å²) in [5, 5.41) is 11.4. The van der Waals surface area contributed by atoms with Crippen molar-refractivity contribution in [2.45, 2.75) is 19.1 Å². The maximum absolute atomic E-state index is 13.4. The van der Waals surface area contributed by atoms with Crippen LogP contribution in [0, 0.1) is 0 Å². The molecule has 1 aliphatic rings. The molecule has 0 radical (unpaired) electrons. The van der Waals surface area contributed by atoms with Crippen molar-refractivity contribution in [2.75, 3.05) is 41.4 Å². The number of ether oxygens (including phenoxy) is 3. The first-order valence-electron chi connectivity index (χ1n) is 12.8. The Hall–Kier alpha value is -4.30. The predicted molar refractivity (Wildman–Crippen MR) is 149 cm³/mol. The topological polar surface area (TPSA) is 88.5 Å². The zero-order chi connectivity index (χ0) is 27.9. The van der Waals surface area contributed by atoms with Gasteiger partial charge in [-0.15, -0.1) is 0 Å². The number of amides is 1. The van der Waals surface area contributed by atoms with Crippen LogP contribution >= 0.6 is 0 Å². The van der Waals surface area contributed by atoms with Crippen LogP contribution in [-0.2, 0) is 16.2 Å². The average molecular weight is 531 g/mol. The number of carbonyl (C=O) groups is 2. The number of Topliss-reactive ketones (excluding diaryl/α,β-unsaturated/α-hetero) is 1. The summed E-state index contributed by atoms with van der Waals surface area (Å²) in [5.74, 6) is -0.0106. The molecule has 1 heterocycles. The Morgan fingerprint density at radius 1 is 0.923 bits per heavy atom. The van der Waals surface area contributed by atoms with E-state index in [0.29, 0.717) is 47.9 Å². The molecule has 1 aliphatic heterocycles. The Morgan fingerprint density at radius 3 is 2.26 bits per heavy atom. The molecule has 4 rings (SSSR count). The molecule has 1 unspecified atom stereocenters. The third kappa shape index (κ3) is 6.23. The van der Waals surface area contributed by atoms with Gasteiger partial charge in [0.05, 0.1) is 25.8 Å². The quantitative estimate of drug-likeness (QED) is 0.219. The molecule has 1 fully saturated rings. The highest BCUT2D eigenvalue weighted by Crippen LogP contribution is 2.44. The third-order valence-electron chi connectivity index (χ3n) is 6.65. The highest BCUT2D eigenvalue weighted by atomic mass is 16.5. The van der Waals surface area contributed by atoms with Crippen molar-refractivity contribution < 1.29 is 28.9 Å². The molecular weight excluding hydrogens is 496 g/mol. The number of aliphatic hydroxyl groups is 1. The Labute approximate surface area is 229 Å². The summed E-state index contributed by atoms with van der Waals surface area (Å²) in [7, 11) is 6.96. The highest BCUT2D eigenvalue weighted by Gasteiger charge is 2.47. The van der Waals surface area contributed by atoms with Crippen LogP contribution in [0.25, 0.3) is 5.76 Å². The molecule has 0 bridgehead atoms. The Kier molecular flexibility index (Phi) is 8.88. The lowest BCUT2D eigenvalue weighted by atomic mass is 9.94. The van der Waals surface area contributed by atoms with Crippen molar-refractivity contribution in [3.05, 3.63) is 95.1 Å². The van der Waals surface area contributed by atoms with E-state index in [2.05, 4.69) is 0 Å². The number of ketones is 1. The molecule has 1 saturated heterocycles. The normalized spacial score (nSPS) is 16.5. The van der Waals surface area contributed by atoms with Gasteiger partial charge >= 0.3 is 0 Å².